The quantitative estimate of drug-likeness (QED) is 0.575. The molecule has 0 N–H and O–H groups in total. The molecule has 1 aromatic rings. The van der Waals surface area contributed by atoms with Gasteiger partial charge in [0.25, 0.3) is 0 Å². The van der Waals surface area contributed by atoms with Gasteiger partial charge in [-0.3, -0.25) is 0 Å². The summed E-state index contributed by atoms with van der Waals surface area (Å²) >= 11 is 1.68. The summed E-state index contributed by atoms with van der Waals surface area (Å²) in [7, 11) is 0.962. The number of nitrogens with zero attached hydrogens (tertiary/aromatic N) is 1. The predicted molar refractivity (Wildman–Crippen MR) is 60.2 cm³/mol. The van der Waals surface area contributed by atoms with Crippen molar-refractivity contribution in [3.8, 4) is 6.07 Å². The molecule has 0 unspecified atom stereocenters. The Morgan fingerprint density at radius 1 is 1.47 bits per heavy atom. The number of ether oxygens (including phenoxy) is 1. The van der Waals surface area contributed by atoms with Crippen LogP contribution in [-0.2, 0) is 10.9 Å². The fourth-order valence-electron chi connectivity index (χ4n) is 1.24. The summed E-state index contributed by atoms with van der Waals surface area (Å²) in [6.07, 6.45) is -4.71. The second kappa shape index (κ2) is 4.91. The molecule has 0 radical (unpaired) electrons. The van der Waals surface area contributed by atoms with Crippen LogP contribution < -0.4 is 0 Å². The van der Waals surface area contributed by atoms with E-state index in [9.17, 15) is 18.0 Å². The van der Waals surface area contributed by atoms with Crippen LogP contribution in [0.3, 0.4) is 0 Å². The molecule has 90 valence electrons. The van der Waals surface area contributed by atoms with Crippen LogP contribution in [0, 0.1) is 14.9 Å². The highest BCUT2D eigenvalue weighted by Crippen LogP contribution is 2.35. The molecule has 3 nitrogen and oxygen atoms in total. The third kappa shape index (κ3) is 2.69. The van der Waals surface area contributed by atoms with Crippen LogP contribution in [-0.4, -0.2) is 13.1 Å². The Morgan fingerprint density at radius 2 is 2.06 bits per heavy atom. The molecule has 0 aliphatic rings. The van der Waals surface area contributed by atoms with Gasteiger partial charge in [-0.05, 0) is 34.7 Å². The summed E-state index contributed by atoms with van der Waals surface area (Å²) in [6.45, 7) is 0. The molecule has 0 spiro atoms. The Morgan fingerprint density at radius 3 is 2.47 bits per heavy atom. The monoisotopic (exact) mass is 355 g/mol. The fourth-order valence-corrected chi connectivity index (χ4v) is 1.81. The topological polar surface area (TPSA) is 50.1 Å². The molecule has 0 saturated heterocycles. The van der Waals surface area contributed by atoms with Crippen LogP contribution in [0.5, 0.6) is 0 Å². The Hall–Kier alpha value is -1.30. The first-order valence-corrected chi connectivity index (χ1v) is 5.29. The molecule has 0 amide bonds. The van der Waals surface area contributed by atoms with Gasteiger partial charge in [0.15, 0.2) is 0 Å². The van der Waals surface area contributed by atoms with E-state index in [1.807, 2.05) is 0 Å². The number of methoxy groups -OCH3 is 1. The van der Waals surface area contributed by atoms with Gasteiger partial charge in [0, 0.05) is 3.57 Å². The number of alkyl halides is 3. The van der Waals surface area contributed by atoms with Gasteiger partial charge in [-0.1, -0.05) is 0 Å². The Bertz CT molecular complexity index is 505. The zero-order valence-electron chi connectivity index (χ0n) is 8.43. The highest BCUT2D eigenvalue weighted by Gasteiger charge is 2.37. The van der Waals surface area contributed by atoms with Crippen LogP contribution in [0.4, 0.5) is 13.2 Å². The standard InChI is InChI=1S/C10H5F3INO2/c1-17-9(16)8-5(4-15)7(14)3-2-6(8)10(11,12)13/h2-3H,1H3. The average Bonchev–Trinajstić information content (AvgIpc) is 2.25. The summed E-state index contributed by atoms with van der Waals surface area (Å²) in [4.78, 5) is 11.3. The van der Waals surface area contributed by atoms with Gasteiger partial charge in [0.1, 0.15) is 6.07 Å². The highest BCUT2D eigenvalue weighted by atomic mass is 127. The largest absolute Gasteiger partial charge is 0.465 e. The van der Waals surface area contributed by atoms with Crippen molar-refractivity contribution in [2.24, 2.45) is 0 Å². The number of benzene rings is 1. The van der Waals surface area contributed by atoms with E-state index in [0.29, 0.717) is 0 Å². The lowest BCUT2D eigenvalue weighted by atomic mass is 10.0. The van der Waals surface area contributed by atoms with Crippen LogP contribution in [0.2, 0.25) is 0 Å². The van der Waals surface area contributed by atoms with Crippen LogP contribution in [0.1, 0.15) is 21.5 Å². The van der Waals surface area contributed by atoms with Gasteiger partial charge in [-0.25, -0.2) is 4.79 Å². The van der Waals surface area contributed by atoms with Crippen LogP contribution in [0.15, 0.2) is 12.1 Å². The van der Waals surface area contributed by atoms with Crippen molar-refractivity contribution in [1.29, 1.82) is 5.26 Å². The van der Waals surface area contributed by atoms with E-state index in [2.05, 4.69) is 4.74 Å². The zero-order chi connectivity index (χ0) is 13.2. The maximum absolute atomic E-state index is 12.7. The molecular formula is C10H5F3INO2. The van der Waals surface area contributed by atoms with Gasteiger partial charge in [-0.15, -0.1) is 0 Å². The summed E-state index contributed by atoms with van der Waals surface area (Å²) in [6, 6.07) is 3.48. The minimum absolute atomic E-state index is 0.263. The summed E-state index contributed by atoms with van der Waals surface area (Å²) < 4.78 is 42.6. The van der Waals surface area contributed by atoms with Crippen LogP contribution in [0.25, 0.3) is 0 Å². The molecule has 0 heterocycles. The second-order valence-electron chi connectivity index (χ2n) is 2.95. The summed E-state index contributed by atoms with van der Waals surface area (Å²) in [5.74, 6) is -1.17. The molecule has 0 fully saturated rings. The normalized spacial score (nSPS) is 10.8. The van der Waals surface area contributed by atoms with E-state index in [1.165, 1.54) is 0 Å². The minimum Gasteiger partial charge on any atom is -0.465 e. The molecule has 0 aliphatic carbocycles. The third-order valence-electron chi connectivity index (χ3n) is 1.96. The van der Waals surface area contributed by atoms with Crippen molar-refractivity contribution in [3.63, 3.8) is 0 Å². The smallest absolute Gasteiger partial charge is 0.417 e. The number of carbonyl (C=O) groups excluding carboxylic acids is 1. The molecule has 17 heavy (non-hydrogen) atoms. The fraction of sp³-hybridized carbons (Fsp3) is 0.200. The van der Waals surface area contributed by atoms with E-state index >= 15 is 0 Å². The molecule has 1 rings (SSSR count). The van der Waals surface area contributed by atoms with Crippen molar-refractivity contribution in [1.82, 2.24) is 0 Å². The SMILES string of the molecule is COC(=O)c1c(C(F)(F)F)ccc(I)c1C#N. The third-order valence-corrected chi connectivity index (χ3v) is 2.86. The van der Waals surface area contributed by atoms with E-state index in [0.717, 1.165) is 19.2 Å². The lowest BCUT2D eigenvalue weighted by molar-refractivity contribution is -0.138. The van der Waals surface area contributed by atoms with Crippen molar-refractivity contribution in [3.05, 3.63) is 32.4 Å². The first-order chi connectivity index (χ1) is 7.82. The lowest BCUT2D eigenvalue weighted by Crippen LogP contribution is -2.16. The maximum atomic E-state index is 12.7. The molecule has 0 atom stereocenters. The molecule has 7 heteroatoms. The maximum Gasteiger partial charge on any atom is 0.417 e. The number of rotatable bonds is 1. The van der Waals surface area contributed by atoms with Crippen molar-refractivity contribution < 1.29 is 22.7 Å². The molecule has 0 aromatic heterocycles. The van der Waals surface area contributed by atoms with Gasteiger partial charge < -0.3 is 4.74 Å². The Balaban J connectivity index is 3.65. The van der Waals surface area contributed by atoms with E-state index in [-0.39, 0.29) is 9.13 Å². The van der Waals surface area contributed by atoms with Gasteiger partial charge in [-0.2, -0.15) is 18.4 Å². The Kier molecular flexibility index (Phi) is 3.98. The number of nitriles is 1. The first-order valence-electron chi connectivity index (χ1n) is 4.21. The van der Waals surface area contributed by atoms with Crippen molar-refractivity contribution >= 4 is 28.6 Å². The number of hydrogen-bond acceptors (Lipinski definition) is 3. The van der Waals surface area contributed by atoms with Crippen molar-refractivity contribution in [2.75, 3.05) is 7.11 Å². The van der Waals surface area contributed by atoms with Gasteiger partial charge in [0.05, 0.1) is 23.8 Å². The molecule has 0 saturated carbocycles. The molecule has 0 bridgehead atoms. The average molecular weight is 355 g/mol. The first kappa shape index (κ1) is 13.8. The van der Waals surface area contributed by atoms with E-state index in [4.69, 9.17) is 5.26 Å². The molecule has 0 aliphatic heterocycles. The lowest BCUT2D eigenvalue weighted by Gasteiger charge is -2.13. The number of hydrogen-bond donors (Lipinski definition) is 0. The van der Waals surface area contributed by atoms with Gasteiger partial charge >= 0.3 is 12.1 Å². The van der Waals surface area contributed by atoms with E-state index < -0.39 is 23.3 Å². The van der Waals surface area contributed by atoms with Crippen LogP contribution >= 0.6 is 22.6 Å². The zero-order valence-corrected chi connectivity index (χ0v) is 10.6. The molecular weight excluding hydrogens is 350 g/mol. The van der Waals surface area contributed by atoms with Gasteiger partial charge in [0.2, 0.25) is 0 Å². The predicted octanol–water partition coefficient (Wildman–Crippen LogP) is 2.97. The summed E-state index contributed by atoms with van der Waals surface area (Å²) in [5, 5.41) is 8.80. The minimum atomic E-state index is -4.71. The Labute approximate surface area is 108 Å². The second-order valence-corrected chi connectivity index (χ2v) is 4.11. The number of halogens is 4. The molecule has 1 aromatic carbocycles. The summed E-state index contributed by atoms with van der Waals surface area (Å²) in [5.41, 5.74) is -2.23. The van der Waals surface area contributed by atoms with E-state index in [1.54, 1.807) is 28.7 Å². The number of carbonyl (C=O) groups is 1. The highest BCUT2D eigenvalue weighted by molar-refractivity contribution is 14.1. The van der Waals surface area contributed by atoms with Crippen molar-refractivity contribution in [2.45, 2.75) is 6.18 Å². The number of esters is 1.